The molecular formula is C14H22O4. The van der Waals surface area contributed by atoms with Crippen LogP contribution in [0, 0.1) is 5.92 Å². The summed E-state index contributed by atoms with van der Waals surface area (Å²) in [6.07, 6.45) is 10.9. The quantitative estimate of drug-likeness (QED) is 0.415. The second-order valence-corrected chi connectivity index (χ2v) is 4.67. The minimum atomic E-state index is -0.547. The first-order chi connectivity index (χ1) is 8.72. The zero-order chi connectivity index (χ0) is 13.2. The van der Waals surface area contributed by atoms with Gasteiger partial charge in [0.1, 0.15) is 0 Å². The van der Waals surface area contributed by atoms with Gasteiger partial charge in [-0.15, -0.1) is 0 Å². The standard InChI is InChI=1S/C14H22O4/c1-17-13(15)9-10-14(16)18-11-5-8-12-6-3-2-4-7-12/h9-10,12H,2-8,11H2,1H3/b10-9+. The molecule has 0 aliphatic heterocycles. The summed E-state index contributed by atoms with van der Waals surface area (Å²) in [6, 6.07) is 0. The molecule has 0 aromatic heterocycles. The van der Waals surface area contributed by atoms with Crippen LogP contribution in [0.3, 0.4) is 0 Å². The van der Waals surface area contributed by atoms with Crippen molar-refractivity contribution in [1.82, 2.24) is 0 Å². The molecule has 0 heterocycles. The molecule has 1 aliphatic rings. The summed E-state index contributed by atoms with van der Waals surface area (Å²) >= 11 is 0. The van der Waals surface area contributed by atoms with E-state index in [9.17, 15) is 9.59 Å². The first-order valence-electron chi connectivity index (χ1n) is 6.65. The van der Waals surface area contributed by atoms with Crippen molar-refractivity contribution < 1.29 is 19.1 Å². The lowest BCUT2D eigenvalue weighted by Crippen LogP contribution is -2.09. The van der Waals surface area contributed by atoms with E-state index in [4.69, 9.17) is 4.74 Å². The van der Waals surface area contributed by atoms with Crippen LogP contribution in [0.25, 0.3) is 0 Å². The normalized spacial score (nSPS) is 16.7. The van der Waals surface area contributed by atoms with Crippen molar-refractivity contribution in [1.29, 1.82) is 0 Å². The summed E-state index contributed by atoms with van der Waals surface area (Å²) in [6.45, 7) is 0.431. The SMILES string of the molecule is COC(=O)/C=C/C(=O)OCCCC1CCCCC1. The molecule has 0 spiro atoms. The Balaban J connectivity index is 2.04. The first kappa shape index (κ1) is 14.7. The minimum absolute atomic E-state index is 0.431. The summed E-state index contributed by atoms with van der Waals surface area (Å²) in [4.78, 5) is 21.9. The molecule has 0 aromatic carbocycles. The predicted octanol–water partition coefficient (Wildman–Crippen LogP) is 2.62. The lowest BCUT2D eigenvalue weighted by molar-refractivity contribution is -0.139. The monoisotopic (exact) mass is 254 g/mol. The third-order valence-electron chi connectivity index (χ3n) is 3.28. The van der Waals surface area contributed by atoms with Gasteiger partial charge in [0.2, 0.25) is 0 Å². The molecule has 0 amide bonds. The van der Waals surface area contributed by atoms with Gasteiger partial charge < -0.3 is 9.47 Å². The maximum absolute atomic E-state index is 11.2. The molecule has 0 radical (unpaired) electrons. The molecule has 1 rings (SSSR count). The topological polar surface area (TPSA) is 52.6 Å². The van der Waals surface area contributed by atoms with Crippen LogP contribution in [-0.4, -0.2) is 25.7 Å². The maximum Gasteiger partial charge on any atom is 0.331 e. The fraction of sp³-hybridized carbons (Fsp3) is 0.714. The number of hydrogen-bond acceptors (Lipinski definition) is 4. The van der Waals surface area contributed by atoms with Gasteiger partial charge in [0, 0.05) is 12.2 Å². The Morgan fingerprint density at radius 3 is 2.44 bits per heavy atom. The van der Waals surface area contributed by atoms with E-state index >= 15 is 0 Å². The van der Waals surface area contributed by atoms with Crippen LogP contribution in [0.1, 0.15) is 44.9 Å². The number of ether oxygens (including phenoxy) is 2. The molecule has 0 bridgehead atoms. The average Bonchev–Trinajstić information content (AvgIpc) is 2.42. The summed E-state index contributed by atoms with van der Waals surface area (Å²) in [7, 11) is 1.27. The fourth-order valence-electron chi connectivity index (χ4n) is 2.27. The number of hydrogen-bond donors (Lipinski definition) is 0. The van der Waals surface area contributed by atoms with Gasteiger partial charge in [-0.1, -0.05) is 32.1 Å². The lowest BCUT2D eigenvalue weighted by atomic mass is 9.86. The van der Waals surface area contributed by atoms with Crippen molar-refractivity contribution in [3.63, 3.8) is 0 Å². The van der Waals surface area contributed by atoms with Crippen LogP contribution < -0.4 is 0 Å². The van der Waals surface area contributed by atoms with Crippen molar-refractivity contribution >= 4 is 11.9 Å². The summed E-state index contributed by atoms with van der Waals surface area (Å²) < 4.78 is 9.37. The van der Waals surface area contributed by atoms with Crippen molar-refractivity contribution in [2.45, 2.75) is 44.9 Å². The molecule has 0 N–H and O–H groups in total. The predicted molar refractivity (Wildman–Crippen MR) is 67.9 cm³/mol. The van der Waals surface area contributed by atoms with E-state index in [0.29, 0.717) is 6.61 Å². The van der Waals surface area contributed by atoms with E-state index in [-0.39, 0.29) is 0 Å². The van der Waals surface area contributed by atoms with Gasteiger partial charge in [0.15, 0.2) is 0 Å². The van der Waals surface area contributed by atoms with Crippen molar-refractivity contribution in [3.05, 3.63) is 12.2 Å². The van der Waals surface area contributed by atoms with E-state index in [1.165, 1.54) is 39.2 Å². The Morgan fingerprint density at radius 2 is 1.78 bits per heavy atom. The molecule has 4 heteroatoms. The molecule has 4 nitrogen and oxygen atoms in total. The summed E-state index contributed by atoms with van der Waals surface area (Å²) in [5.41, 5.74) is 0. The van der Waals surface area contributed by atoms with Crippen molar-refractivity contribution in [3.8, 4) is 0 Å². The highest BCUT2D eigenvalue weighted by atomic mass is 16.5. The Bertz CT molecular complexity index is 290. The van der Waals surface area contributed by atoms with E-state index in [1.807, 2.05) is 0 Å². The highest BCUT2D eigenvalue weighted by Crippen LogP contribution is 2.27. The second-order valence-electron chi connectivity index (χ2n) is 4.67. The minimum Gasteiger partial charge on any atom is -0.466 e. The molecule has 18 heavy (non-hydrogen) atoms. The highest BCUT2D eigenvalue weighted by molar-refractivity contribution is 5.91. The fourth-order valence-corrected chi connectivity index (χ4v) is 2.27. The number of rotatable bonds is 6. The Hall–Kier alpha value is -1.32. The molecule has 0 unspecified atom stereocenters. The smallest absolute Gasteiger partial charge is 0.331 e. The summed E-state index contributed by atoms with van der Waals surface area (Å²) in [5, 5.41) is 0. The zero-order valence-corrected chi connectivity index (χ0v) is 11.0. The molecule has 1 saturated carbocycles. The van der Waals surface area contributed by atoms with Crippen LogP contribution in [-0.2, 0) is 19.1 Å². The third kappa shape index (κ3) is 6.42. The van der Waals surface area contributed by atoms with E-state index < -0.39 is 11.9 Å². The number of methoxy groups -OCH3 is 1. The Labute approximate surface area is 108 Å². The first-order valence-corrected chi connectivity index (χ1v) is 6.65. The van der Waals surface area contributed by atoms with Crippen molar-refractivity contribution in [2.75, 3.05) is 13.7 Å². The number of carbonyl (C=O) groups is 2. The largest absolute Gasteiger partial charge is 0.466 e. The van der Waals surface area contributed by atoms with Gasteiger partial charge >= 0.3 is 11.9 Å². The Morgan fingerprint density at radius 1 is 1.11 bits per heavy atom. The third-order valence-corrected chi connectivity index (χ3v) is 3.28. The van der Waals surface area contributed by atoms with Gasteiger partial charge in [-0.05, 0) is 18.8 Å². The molecule has 1 aliphatic carbocycles. The summed E-state index contributed by atoms with van der Waals surface area (Å²) in [5.74, 6) is -0.221. The highest BCUT2D eigenvalue weighted by Gasteiger charge is 2.12. The molecule has 0 aromatic rings. The number of carbonyl (C=O) groups excluding carboxylic acids is 2. The van der Waals surface area contributed by atoms with Gasteiger partial charge in [0.25, 0.3) is 0 Å². The molecule has 0 atom stereocenters. The molecular weight excluding hydrogens is 232 g/mol. The van der Waals surface area contributed by atoms with Crippen LogP contribution >= 0.6 is 0 Å². The number of esters is 2. The van der Waals surface area contributed by atoms with Gasteiger partial charge in [-0.3, -0.25) is 0 Å². The second kappa shape index (κ2) is 8.72. The maximum atomic E-state index is 11.2. The molecule has 0 saturated heterocycles. The van der Waals surface area contributed by atoms with Crippen LogP contribution in [0.4, 0.5) is 0 Å². The van der Waals surface area contributed by atoms with E-state index in [0.717, 1.165) is 30.9 Å². The lowest BCUT2D eigenvalue weighted by Gasteiger charge is -2.20. The average molecular weight is 254 g/mol. The zero-order valence-electron chi connectivity index (χ0n) is 11.0. The van der Waals surface area contributed by atoms with E-state index in [2.05, 4.69) is 4.74 Å². The van der Waals surface area contributed by atoms with Crippen LogP contribution in [0.5, 0.6) is 0 Å². The van der Waals surface area contributed by atoms with Crippen molar-refractivity contribution in [2.24, 2.45) is 5.92 Å². The van der Waals surface area contributed by atoms with Crippen LogP contribution in [0.15, 0.2) is 12.2 Å². The van der Waals surface area contributed by atoms with Gasteiger partial charge in [-0.2, -0.15) is 0 Å². The van der Waals surface area contributed by atoms with Gasteiger partial charge in [-0.25, -0.2) is 9.59 Å². The molecule has 102 valence electrons. The van der Waals surface area contributed by atoms with E-state index in [1.54, 1.807) is 0 Å². The van der Waals surface area contributed by atoms with Gasteiger partial charge in [0.05, 0.1) is 13.7 Å². The molecule has 1 fully saturated rings. The Kier molecular flexibility index (Phi) is 7.14. The van der Waals surface area contributed by atoms with Crippen LogP contribution in [0.2, 0.25) is 0 Å².